The van der Waals surface area contributed by atoms with Crippen molar-refractivity contribution in [3.8, 4) is 0 Å². The van der Waals surface area contributed by atoms with Gasteiger partial charge in [-0.05, 0) is 38.0 Å². The van der Waals surface area contributed by atoms with Crippen molar-refractivity contribution >= 4 is 5.91 Å². The van der Waals surface area contributed by atoms with Crippen LogP contribution in [-0.4, -0.2) is 38.7 Å². The van der Waals surface area contributed by atoms with E-state index >= 15 is 0 Å². The predicted octanol–water partition coefficient (Wildman–Crippen LogP) is 3.44. The summed E-state index contributed by atoms with van der Waals surface area (Å²) >= 11 is 0. The minimum atomic E-state index is -0.207. The minimum Gasteiger partial charge on any atom is -0.342 e. The second kappa shape index (κ2) is 8.79. The maximum atomic E-state index is 12.7. The van der Waals surface area contributed by atoms with Crippen molar-refractivity contribution < 1.29 is 4.79 Å². The van der Waals surface area contributed by atoms with Gasteiger partial charge in [0.25, 0.3) is 5.91 Å². The molecule has 1 aliphatic rings. The summed E-state index contributed by atoms with van der Waals surface area (Å²) in [5.74, 6) is 1.74. The van der Waals surface area contributed by atoms with Crippen LogP contribution >= 0.6 is 0 Å². The molecule has 30 heavy (non-hydrogen) atoms. The van der Waals surface area contributed by atoms with Gasteiger partial charge < -0.3 is 9.88 Å². The van der Waals surface area contributed by atoms with Crippen molar-refractivity contribution in [1.29, 1.82) is 0 Å². The number of fused-ring (bicyclic) bond motifs is 1. The Labute approximate surface area is 177 Å². The van der Waals surface area contributed by atoms with E-state index in [0.29, 0.717) is 5.56 Å². The number of hydrogen-bond donors (Lipinski definition) is 1. The Balaban J connectivity index is 1.43. The molecule has 0 aliphatic carbocycles. The van der Waals surface area contributed by atoms with E-state index in [0.717, 1.165) is 49.8 Å². The van der Waals surface area contributed by atoms with E-state index in [1.54, 1.807) is 0 Å². The molecule has 3 aromatic rings. The second-order valence-electron chi connectivity index (χ2n) is 8.15. The lowest BCUT2D eigenvalue weighted by Gasteiger charge is -2.20. The third kappa shape index (κ3) is 4.44. The first-order valence-corrected chi connectivity index (χ1v) is 10.6. The standard InChI is InChI=1S/C24H29N5O/c1-17-7-6-9-20(15-17)16-28-12-11-22-26-27-23(29(22)14-13-28)19(3)25-24(30)21-10-5-4-8-18(21)2/h4-10,15,19H,11-14,16H2,1-3H3,(H,25,30)/t19-/m1/s1. The summed E-state index contributed by atoms with van der Waals surface area (Å²) in [6.07, 6.45) is 0.858. The highest BCUT2D eigenvalue weighted by Crippen LogP contribution is 2.18. The number of carbonyl (C=O) groups excluding carboxylic acids is 1. The van der Waals surface area contributed by atoms with Crippen molar-refractivity contribution in [2.75, 3.05) is 13.1 Å². The highest BCUT2D eigenvalue weighted by molar-refractivity contribution is 5.95. The molecule has 0 saturated heterocycles. The van der Waals surface area contributed by atoms with E-state index in [9.17, 15) is 4.79 Å². The summed E-state index contributed by atoms with van der Waals surface area (Å²) in [6, 6.07) is 16.1. The fraction of sp³-hybridized carbons (Fsp3) is 0.375. The van der Waals surface area contributed by atoms with Crippen LogP contribution in [0.5, 0.6) is 0 Å². The van der Waals surface area contributed by atoms with Gasteiger partial charge in [-0.1, -0.05) is 48.0 Å². The molecule has 156 valence electrons. The van der Waals surface area contributed by atoms with Crippen molar-refractivity contribution in [2.24, 2.45) is 0 Å². The van der Waals surface area contributed by atoms with Gasteiger partial charge in [0.1, 0.15) is 5.82 Å². The molecule has 6 heteroatoms. The lowest BCUT2D eigenvalue weighted by Crippen LogP contribution is -2.30. The topological polar surface area (TPSA) is 63.1 Å². The molecule has 0 fully saturated rings. The van der Waals surface area contributed by atoms with Crippen LogP contribution in [-0.2, 0) is 19.5 Å². The van der Waals surface area contributed by atoms with Gasteiger partial charge in [-0.25, -0.2) is 0 Å². The van der Waals surface area contributed by atoms with Gasteiger partial charge in [0.2, 0.25) is 0 Å². The van der Waals surface area contributed by atoms with E-state index in [4.69, 9.17) is 0 Å². The highest BCUT2D eigenvalue weighted by Gasteiger charge is 2.23. The summed E-state index contributed by atoms with van der Waals surface area (Å²) in [5, 5.41) is 11.9. The Kier molecular flexibility index (Phi) is 5.95. The zero-order chi connectivity index (χ0) is 21.1. The molecule has 1 atom stereocenters. The molecule has 0 radical (unpaired) electrons. The number of amides is 1. The summed E-state index contributed by atoms with van der Waals surface area (Å²) < 4.78 is 2.18. The molecule has 6 nitrogen and oxygen atoms in total. The smallest absolute Gasteiger partial charge is 0.252 e. The average Bonchev–Trinajstić information content (AvgIpc) is 3.03. The fourth-order valence-electron chi connectivity index (χ4n) is 4.10. The molecule has 1 aromatic heterocycles. The van der Waals surface area contributed by atoms with Crippen LogP contribution in [0, 0.1) is 13.8 Å². The zero-order valence-corrected chi connectivity index (χ0v) is 17.9. The summed E-state index contributed by atoms with van der Waals surface area (Å²) in [6.45, 7) is 9.71. The van der Waals surface area contributed by atoms with Gasteiger partial charge in [-0.2, -0.15) is 0 Å². The van der Waals surface area contributed by atoms with Gasteiger partial charge in [-0.15, -0.1) is 10.2 Å². The molecule has 1 amide bonds. The first-order valence-electron chi connectivity index (χ1n) is 10.6. The Morgan fingerprint density at radius 2 is 1.90 bits per heavy atom. The van der Waals surface area contributed by atoms with E-state index in [2.05, 4.69) is 56.2 Å². The quantitative estimate of drug-likeness (QED) is 0.709. The summed E-state index contributed by atoms with van der Waals surface area (Å²) in [7, 11) is 0. The SMILES string of the molecule is Cc1cccc(CN2CCc3nnc([C@@H](C)NC(=O)c4ccccc4C)n3CC2)c1. The second-order valence-corrected chi connectivity index (χ2v) is 8.15. The largest absolute Gasteiger partial charge is 0.342 e. The van der Waals surface area contributed by atoms with Gasteiger partial charge >= 0.3 is 0 Å². The maximum Gasteiger partial charge on any atom is 0.252 e. The third-order valence-electron chi connectivity index (χ3n) is 5.76. The van der Waals surface area contributed by atoms with Crippen LogP contribution in [0.4, 0.5) is 0 Å². The first-order chi connectivity index (χ1) is 14.5. The van der Waals surface area contributed by atoms with Gasteiger partial charge in [0, 0.05) is 38.2 Å². The van der Waals surface area contributed by atoms with E-state index < -0.39 is 0 Å². The van der Waals surface area contributed by atoms with Crippen LogP contribution in [0.15, 0.2) is 48.5 Å². The molecular weight excluding hydrogens is 374 g/mol. The van der Waals surface area contributed by atoms with Gasteiger partial charge in [0.15, 0.2) is 5.82 Å². The van der Waals surface area contributed by atoms with Crippen LogP contribution in [0.3, 0.4) is 0 Å². The fourth-order valence-corrected chi connectivity index (χ4v) is 4.10. The highest BCUT2D eigenvalue weighted by atomic mass is 16.1. The third-order valence-corrected chi connectivity index (χ3v) is 5.76. The number of benzene rings is 2. The number of nitrogens with one attached hydrogen (secondary N) is 1. The molecule has 1 N–H and O–H groups in total. The minimum absolute atomic E-state index is 0.0763. The van der Waals surface area contributed by atoms with Crippen molar-refractivity contribution in [2.45, 2.75) is 46.3 Å². The summed E-state index contributed by atoms with van der Waals surface area (Å²) in [5.41, 5.74) is 4.30. The van der Waals surface area contributed by atoms with Crippen LogP contribution < -0.4 is 5.32 Å². The number of carbonyl (C=O) groups is 1. The Morgan fingerprint density at radius 1 is 1.07 bits per heavy atom. The summed E-state index contributed by atoms with van der Waals surface area (Å²) in [4.78, 5) is 15.2. The molecule has 2 aromatic carbocycles. The number of rotatable bonds is 5. The predicted molar refractivity (Wildman–Crippen MR) is 117 cm³/mol. The number of aromatic nitrogens is 3. The van der Waals surface area contributed by atoms with Crippen molar-refractivity contribution in [3.63, 3.8) is 0 Å². The molecule has 0 spiro atoms. The Morgan fingerprint density at radius 3 is 2.70 bits per heavy atom. The number of nitrogens with zero attached hydrogens (tertiary/aromatic N) is 4. The van der Waals surface area contributed by atoms with E-state index in [1.165, 1.54) is 11.1 Å². The molecule has 4 rings (SSSR count). The molecule has 0 unspecified atom stereocenters. The lowest BCUT2D eigenvalue weighted by molar-refractivity contribution is 0.0937. The zero-order valence-electron chi connectivity index (χ0n) is 17.9. The normalized spacial score (nSPS) is 15.3. The van der Waals surface area contributed by atoms with Crippen molar-refractivity contribution in [3.05, 3.63) is 82.4 Å². The molecule has 1 aliphatic heterocycles. The van der Waals surface area contributed by atoms with Crippen LogP contribution in [0.1, 0.15) is 51.7 Å². The number of aryl methyl sites for hydroxylation is 2. The lowest BCUT2D eigenvalue weighted by atomic mass is 10.1. The van der Waals surface area contributed by atoms with Gasteiger partial charge in [0.05, 0.1) is 6.04 Å². The molecule has 0 saturated carbocycles. The molecular formula is C24H29N5O. The first kappa shape index (κ1) is 20.3. The average molecular weight is 404 g/mol. The molecule has 2 heterocycles. The Hall–Kier alpha value is -2.99. The van der Waals surface area contributed by atoms with Crippen molar-refractivity contribution in [1.82, 2.24) is 25.0 Å². The van der Waals surface area contributed by atoms with E-state index in [-0.39, 0.29) is 11.9 Å². The van der Waals surface area contributed by atoms with Gasteiger partial charge in [-0.3, -0.25) is 9.69 Å². The monoisotopic (exact) mass is 403 g/mol. The van der Waals surface area contributed by atoms with E-state index in [1.807, 2.05) is 38.1 Å². The van der Waals surface area contributed by atoms with Crippen LogP contribution in [0.2, 0.25) is 0 Å². The maximum absolute atomic E-state index is 12.7. The number of hydrogen-bond acceptors (Lipinski definition) is 4. The molecule has 0 bridgehead atoms. The Bertz CT molecular complexity index is 1040. The van der Waals surface area contributed by atoms with Crippen LogP contribution in [0.25, 0.3) is 0 Å².